The van der Waals surface area contributed by atoms with Gasteiger partial charge in [-0.15, -0.1) is 0 Å². The zero-order valence-corrected chi connectivity index (χ0v) is 8.54. The molecule has 0 bridgehead atoms. The first-order chi connectivity index (χ1) is 8.08. The number of aromatic carboxylic acids is 2. The van der Waals surface area contributed by atoms with Crippen molar-refractivity contribution < 1.29 is 19.8 Å². The third-order valence-corrected chi connectivity index (χ3v) is 2.24. The summed E-state index contributed by atoms with van der Waals surface area (Å²) in [5.41, 5.74) is 1.27. The van der Waals surface area contributed by atoms with Crippen molar-refractivity contribution in [2.75, 3.05) is 0 Å². The largest absolute Gasteiger partial charge is 0.478 e. The van der Waals surface area contributed by atoms with Crippen LogP contribution in [-0.4, -0.2) is 32.3 Å². The molecule has 0 unspecified atom stereocenters. The molecule has 0 fully saturated rings. The molecule has 1 aromatic heterocycles. The quantitative estimate of drug-likeness (QED) is 0.743. The second kappa shape index (κ2) is 4.09. The first kappa shape index (κ1) is 10.9. The van der Waals surface area contributed by atoms with E-state index in [-0.39, 0.29) is 11.3 Å². The molecule has 0 aliphatic rings. The molecule has 17 heavy (non-hydrogen) atoms. The normalized spacial score (nSPS) is 10.1. The van der Waals surface area contributed by atoms with Crippen molar-refractivity contribution in [2.24, 2.45) is 0 Å². The van der Waals surface area contributed by atoms with E-state index in [1.165, 1.54) is 18.2 Å². The van der Waals surface area contributed by atoms with E-state index in [0.717, 1.165) is 0 Å². The number of hydrogen-bond donors (Lipinski definition) is 3. The molecule has 2 rings (SSSR count). The number of nitrogens with one attached hydrogen (secondary N) is 1. The highest BCUT2D eigenvalue weighted by atomic mass is 16.4. The molecule has 0 radical (unpaired) electrons. The fourth-order valence-corrected chi connectivity index (χ4v) is 1.36. The smallest absolute Gasteiger partial charge is 0.353 e. The molecular formula is C11H8N2O4. The van der Waals surface area contributed by atoms with E-state index in [1.54, 1.807) is 12.1 Å². The third-order valence-electron chi connectivity index (χ3n) is 2.24. The Labute approximate surface area is 95.5 Å². The summed E-state index contributed by atoms with van der Waals surface area (Å²) in [5.74, 6) is -2.10. The summed E-state index contributed by atoms with van der Waals surface area (Å²) in [5, 5.41) is 23.6. The highest BCUT2D eigenvalue weighted by Crippen LogP contribution is 2.18. The summed E-state index contributed by atoms with van der Waals surface area (Å²) in [6.07, 6.45) is 0. The molecule has 0 atom stereocenters. The third kappa shape index (κ3) is 2.15. The van der Waals surface area contributed by atoms with Crippen LogP contribution in [0.2, 0.25) is 0 Å². The van der Waals surface area contributed by atoms with Crippen molar-refractivity contribution in [2.45, 2.75) is 0 Å². The predicted octanol–water partition coefficient (Wildman–Crippen LogP) is 1.47. The molecule has 0 saturated carbocycles. The fourth-order valence-electron chi connectivity index (χ4n) is 1.36. The number of aromatic amines is 1. The average Bonchev–Trinajstić information content (AvgIpc) is 2.78. The average molecular weight is 232 g/mol. The molecule has 2 aromatic rings. The van der Waals surface area contributed by atoms with Crippen LogP contribution in [0.5, 0.6) is 0 Å². The number of rotatable bonds is 3. The number of benzene rings is 1. The van der Waals surface area contributed by atoms with Gasteiger partial charge in [0.05, 0.1) is 11.3 Å². The monoisotopic (exact) mass is 232 g/mol. The number of hydrogen-bond acceptors (Lipinski definition) is 3. The summed E-state index contributed by atoms with van der Waals surface area (Å²) in [6.45, 7) is 0. The number of carbonyl (C=O) groups is 2. The van der Waals surface area contributed by atoms with E-state index in [0.29, 0.717) is 11.3 Å². The second-order valence-electron chi connectivity index (χ2n) is 3.35. The van der Waals surface area contributed by atoms with Crippen molar-refractivity contribution >= 4 is 11.9 Å². The molecule has 6 heteroatoms. The van der Waals surface area contributed by atoms with Crippen molar-refractivity contribution in [3.05, 3.63) is 41.6 Å². The van der Waals surface area contributed by atoms with Gasteiger partial charge in [0.15, 0.2) is 0 Å². The maximum atomic E-state index is 10.6. The maximum Gasteiger partial charge on any atom is 0.353 e. The van der Waals surface area contributed by atoms with Crippen LogP contribution >= 0.6 is 0 Å². The summed E-state index contributed by atoms with van der Waals surface area (Å²) in [6, 6.07) is 7.41. The van der Waals surface area contributed by atoms with Gasteiger partial charge < -0.3 is 10.2 Å². The zero-order valence-electron chi connectivity index (χ0n) is 8.54. The molecule has 6 nitrogen and oxygen atoms in total. The van der Waals surface area contributed by atoms with E-state index >= 15 is 0 Å². The zero-order chi connectivity index (χ0) is 12.4. The molecule has 3 N–H and O–H groups in total. The van der Waals surface area contributed by atoms with Gasteiger partial charge >= 0.3 is 11.9 Å². The SMILES string of the molecule is O=C(O)c1ccc(-c2cc(C(=O)O)[nH]n2)cc1. The lowest BCUT2D eigenvalue weighted by molar-refractivity contribution is 0.0682. The Kier molecular flexibility index (Phi) is 2.61. The lowest BCUT2D eigenvalue weighted by atomic mass is 10.1. The topological polar surface area (TPSA) is 103 Å². The second-order valence-corrected chi connectivity index (χ2v) is 3.35. The van der Waals surface area contributed by atoms with Crippen LogP contribution < -0.4 is 0 Å². The molecule has 0 spiro atoms. The minimum Gasteiger partial charge on any atom is -0.478 e. The molecule has 0 aliphatic heterocycles. The van der Waals surface area contributed by atoms with Gasteiger partial charge in [-0.1, -0.05) is 12.1 Å². The number of H-pyrrole nitrogens is 1. The molecule has 0 amide bonds. The van der Waals surface area contributed by atoms with Crippen molar-refractivity contribution in [3.63, 3.8) is 0 Å². The van der Waals surface area contributed by atoms with Crippen LogP contribution in [0.1, 0.15) is 20.8 Å². The number of aromatic nitrogens is 2. The van der Waals surface area contributed by atoms with Gasteiger partial charge in [-0.3, -0.25) is 5.10 Å². The molecule has 1 heterocycles. The van der Waals surface area contributed by atoms with Gasteiger partial charge in [-0.25, -0.2) is 9.59 Å². The lowest BCUT2D eigenvalue weighted by Gasteiger charge is -1.97. The van der Waals surface area contributed by atoms with E-state index in [1.807, 2.05) is 0 Å². The summed E-state index contributed by atoms with van der Waals surface area (Å²) < 4.78 is 0. The Morgan fingerprint density at radius 2 is 1.71 bits per heavy atom. The Morgan fingerprint density at radius 1 is 1.06 bits per heavy atom. The summed E-state index contributed by atoms with van der Waals surface area (Å²) in [7, 11) is 0. The van der Waals surface area contributed by atoms with E-state index in [9.17, 15) is 9.59 Å². The number of carboxylic acid groups (broad SMARTS) is 2. The highest BCUT2D eigenvalue weighted by Gasteiger charge is 2.09. The first-order valence-electron chi connectivity index (χ1n) is 4.70. The van der Waals surface area contributed by atoms with Crippen LogP contribution in [0.15, 0.2) is 30.3 Å². The van der Waals surface area contributed by atoms with Crippen molar-refractivity contribution in [1.29, 1.82) is 0 Å². The molecule has 0 aliphatic carbocycles. The Balaban J connectivity index is 2.33. The molecule has 0 saturated heterocycles. The maximum absolute atomic E-state index is 10.6. The van der Waals surface area contributed by atoms with Gasteiger partial charge in [0.25, 0.3) is 0 Å². The van der Waals surface area contributed by atoms with E-state index in [2.05, 4.69) is 10.2 Å². The van der Waals surface area contributed by atoms with Gasteiger partial charge in [0.1, 0.15) is 5.69 Å². The highest BCUT2D eigenvalue weighted by molar-refractivity contribution is 5.89. The van der Waals surface area contributed by atoms with Crippen molar-refractivity contribution in [1.82, 2.24) is 10.2 Å². The van der Waals surface area contributed by atoms with Crippen LogP contribution in [-0.2, 0) is 0 Å². The van der Waals surface area contributed by atoms with Crippen molar-refractivity contribution in [3.8, 4) is 11.3 Å². The van der Waals surface area contributed by atoms with Gasteiger partial charge in [-0.2, -0.15) is 5.10 Å². The summed E-state index contributed by atoms with van der Waals surface area (Å²) >= 11 is 0. The van der Waals surface area contributed by atoms with Crippen LogP contribution in [0.3, 0.4) is 0 Å². The first-order valence-corrected chi connectivity index (χ1v) is 4.70. The Morgan fingerprint density at radius 3 is 2.18 bits per heavy atom. The van der Waals surface area contributed by atoms with Gasteiger partial charge in [-0.05, 0) is 18.2 Å². The van der Waals surface area contributed by atoms with Crippen LogP contribution in [0.4, 0.5) is 0 Å². The number of nitrogens with zero attached hydrogens (tertiary/aromatic N) is 1. The van der Waals surface area contributed by atoms with Gasteiger partial charge in [0, 0.05) is 5.56 Å². The fraction of sp³-hybridized carbons (Fsp3) is 0. The number of carboxylic acids is 2. The predicted molar refractivity (Wildman–Crippen MR) is 57.9 cm³/mol. The molecule has 1 aromatic carbocycles. The summed E-state index contributed by atoms with van der Waals surface area (Å²) in [4.78, 5) is 21.3. The van der Waals surface area contributed by atoms with Crippen LogP contribution in [0, 0.1) is 0 Å². The lowest BCUT2D eigenvalue weighted by Crippen LogP contribution is -1.95. The molecule has 86 valence electrons. The van der Waals surface area contributed by atoms with E-state index in [4.69, 9.17) is 10.2 Å². The van der Waals surface area contributed by atoms with Crippen LogP contribution in [0.25, 0.3) is 11.3 Å². The Bertz CT molecular complexity index is 571. The Hall–Kier alpha value is -2.63. The minimum atomic E-state index is -1.09. The molecular weight excluding hydrogens is 224 g/mol. The van der Waals surface area contributed by atoms with Gasteiger partial charge in [0.2, 0.25) is 0 Å². The minimum absolute atomic E-state index is 0.0117. The standard InChI is InChI=1S/C11H8N2O4/c14-10(15)7-3-1-6(2-4-7)8-5-9(11(16)17)13-12-8/h1-5H,(H,12,13)(H,14,15)(H,16,17). The van der Waals surface area contributed by atoms with E-state index < -0.39 is 11.9 Å².